The molecule has 0 saturated heterocycles. The summed E-state index contributed by atoms with van der Waals surface area (Å²) in [4.78, 5) is 10.6. The molecule has 0 amide bonds. The van der Waals surface area contributed by atoms with Gasteiger partial charge >= 0.3 is 0 Å². The van der Waals surface area contributed by atoms with Gasteiger partial charge in [-0.2, -0.15) is 5.10 Å². The van der Waals surface area contributed by atoms with Crippen molar-refractivity contribution in [3.63, 3.8) is 0 Å². The number of nitrogens with zero attached hydrogens (tertiary/aromatic N) is 1. The maximum Gasteiger partial charge on any atom is 0.293 e. The molecule has 1 aromatic carbocycles. The maximum absolute atomic E-state index is 10.6. The van der Waals surface area contributed by atoms with Crippen LogP contribution in [-0.2, 0) is 29.0 Å². The molecule has 0 aliphatic rings. The Morgan fingerprint density at radius 3 is 2.90 bits per heavy atom. The highest BCUT2D eigenvalue weighted by molar-refractivity contribution is 9.10. The van der Waals surface area contributed by atoms with Crippen LogP contribution in [0.15, 0.2) is 34.8 Å². The van der Waals surface area contributed by atoms with Gasteiger partial charge in [0.2, 0.25) is 0 Å². The molecule has 1 aromatic heterocycles. The fourth-order valence-corrected chi connectivity index (χ4v) is 2.46. The molecule has 5 nitrogen and oxygen atoms in total. The molecule has 2 rings (SSSR count). The number of hydrogen-bond donors (Lipinski definition) is 2. The molecule has 2 aromatic rings. The molecule has 0 saturated carbocycles. The van der Waals surface area contributed by atoms with Gasteiger partial charge in [0, 0.05) is 23.0 Å². The number of halogens is 1. The first-order valence-electron chi connectivity index (χ1n) is 6.19. The Bertz CT molecular complexity index is 571. The molecule has 20 heavy (non-hydrogen) atoms. The minimum atomic E-state index is -0.270. The van der Waals surface area contributed by atoms with Crippen LogP contribution in [0.5, 0.6) is 0 Å². The van der Waals surface area contributed by atoms with Crippen LogP contribution < -0.4 is 0 Å². The lowest BCUT2D eigenvalue weighted by molar-refractivity contribution is -0.133. The van der Waals surface area contributed by atoms with Gasteiger partial charge in [-0.25, -0.2) is 0 Å². The summed E-state index contributed by atoms with van der Waals surface area (Å²) >= 11 is 3.42. The summed E-state index contributed by atoms with van der Waals surface area (Å²) in [6.45, 7) is 0.354. The summed E-state index contributed by atoms with van der Waals surface area (Å²) in [5, 5.41) is 15.7. The normalized spacial score (nSPS) is 12.1. The Kier molecular flexibility index (Phi) is 5.31. The molecular formula is C14H15BrN2O3. The zero-order valence-electron chi connectivity index (χ0n) is 10.8. The summed E-state index contributed by atoms with van der Waals surface area (Å²) in [6, 6.07) is 9.63. The van der Waals surface area contributed by atoms with Gasteiger partial charge in [-0.05, 0) is 23.8 Å². The summed E-state index contributed by atoms with van der Waals surface area (Å²) < 4.78 is 6.12. The first-order chi connectivity index (χ1) is 9.71. The van der Waals surface area contributed by atoms with Gasteiger partial charge in [-0.1, -0.05) is 28.1 Å². The van der Waals surface area contributed by atoms with Crippen LogP contribution in [0.2, 0.25) is 0 Å². The zero-order chi connectivity index (χ0) is 14.4. The van der Waals surface area contributed by atoms with E-state index in [0.29, 0.717) is 25.0 Å². The van der Waals surface area contributed by atoms with Gasteiger partial charge in [0.15, 0.2) is 0 Å². The molecule has 106 valence electrons. The van der Waals surface area contributed by atoms with E-state index < -0.39 is 0 Å². The zero-order valence-corrected chi connectivity index (χ0v) is 12.3. The van der Waals surface area contributed by atoms with Crippen molar-refractivity contribution in [1.29, 1.82) is 0 Å². The van der Waals surface area contributed by atoms with Gasteiger partial charge in [-0.15, -0.1) is 0 Å². The Balaban J connectivity index is 2.04. The van der Waals surface area contributed by atoms with E-state index in [-0.39, 0.29) is 12.7 Å². The molecule has 6 heteroatoms. The number of aromatic nitrogens is 2. The van der Waals surface area contributed by atoms with Gasteiger partial charge in [0.25, 0.3) is 6.47 Å². The van der Waals surface area contributed by atoms with E-state index >= 15 is 0 Å². The average molecular weight is 339 g/mol. The first kappa shape index (κ1) is 14.7. The fraction of sp³-hybridized carbons (Fsp3) is 0.286. The van der Waals surface area contributed by atoms with Crippen molar-refractivity contribution in [2.75, 3.05) is 0 Å². The van der Waals surface area contributed by atoms with Crippen molar-refractivity contribution in [1.82, 2.24) is 10.2 Å². The van der Waals surface area contributed by atoms with Crippen molar-refractivity contribution >= 4 is 22.4 Å². The molecule has 0 bridgehead atoms. The van der Waals surface area contributed by atoms with Crippen molar-refractivity contribution in [3.05, 3.63) is 51.8 Å². The second kappa shape index (κ2) is 7.21. The SMILES string of the molecule is O=COC(Cc1cccc(Br)c1)Cc1cc(CO)n[nH]1. The van der Waals surface area contributed by atoms with Crippen LogP contribution in [-0.4, -0.2) is 27.9 Å². The van der Waals surface area contributed by atoms with Crippen molar-refractivity contribution in [2.24, 2.45) is 0 Å². The molecule has 1 heterocycles. The number of carbonyl (C=O) groups is 1. The fourth-order valence-electron chi connectivity index (χ4n) is 2.01. The second-order valence-corrected chi connectivity index (χ2v) is 5.35. The van der Waals surface area contributed by atoms with Gasteiger partial charge in [0.1, 0.15) is 6.10 Å². The lowest BCUT2D eigenvalue weighted by Gasteiger charge is -2.14. The Hall–Kier alpha value is -1.66. The van der Waals surface area contributed by atoms with E-state index in [1.54, 1.807) is 6.07 Å². The number of benzene rings is 1. The van der Waals surface area contributed by atoms with Crippen LogP contribution in [0.1, 0.15) is 17.0 Å². The highest BCUT2D eigenvalue weighted by Gasteiger charge is 2.13. The molecular weight excluding hydrogens is 324 g/mol. The minimum absolute atomic E-state index is 0.110. The predicted molar refractivity (Wildman–Crippen MR) is 77.0 cm³/mol. The number of nitrogens with one attached hydrogen (secondary N) is 1. The molecule has 1 unspecified atom stereocenters. The van der Waals surface area contributed by atoms with E-state index in [4.69, 9.17) is 9.84 Å². The Morgan fingerprint density at radius 1 is 1.40 bits per heavy atom. The highest BCUT2D eigenvalue weighted by atomic mass is 79.9. The summed E-state index contributed by atoms with van der Waals surface area (Å²) in [6.07, 6.45) is 0.873. The molecule has 0 spiro atoms. The number of hydrogen-bond acceptors (Lipinski definition) is 4. The van der Waals surface area contributed by atoms with Crippen LogP contribution >= 0.6 is 15.9 Å². The van der Waals surface area contributed by atoms with E-state index in [2.05, 4.69) is 26.1 Å². The number of H-pyrrole nitrogens is 1. The lowest BCUT2D eigenvalue weighted by atomic mass is 10.0. The van der Waals surface area contributed by atoms with Gasteiger partial charge in [-0.3, -0.25) is 9.89 Å². The summed E-state index contributed by atoms with van der Waals surface area (Å²) in [5.74, 6) is 0. The predicted octanol–water partition coefficient (Wildman–Crippen LogP) is 1.99. The maximum atomic E-state index is 10.6. The summed E-state index contributed by atoms with van der Waals surface area (Å²) in [5.41, 5.74) is 2.48. The molecule has 0 aliphatic carbocycles. The minimum Gasteiger partial charge on any atom is -0.464 e. The van der Waals surface area contributed by atoms with Crippen molar-refractivity contribution in [2.45, 2.75) is 25.6 Å². The van der Waals surface area contributed by atoms with Crippen molar-refractivity contribution < 1.29 is 14.6 Å². The molecule has 1 atom stereocenters. The third-order valence-electron chi connectivity index (χ3n) is 2.89. The van der Waals surface area contributed by atoms with E-state index in [0.717, 1.165) is 15.7 Å². The van der Waals surface area contributed by atoms with Crippen LogP contribution in [0.25, 0.3) is 0 Å². The van der Waals surface area contributed by atoms with Crippen LogP contribution in [0.4, 0.5) is 0 Å². The van der Waals surface area contributed by atoms with Crippen LogP contribution in [0.3, 0.4) is 0 Å². The molecule has 0 aliphatic heterocycles. The second-order valence-electron chi connectivity index (χ2n) is 4.44. The van der Waals surface area contributed by atoms with Gasteiger partial charge < -0.3 is 9.84 Å². The standard InChI is InChI=1S/C14H15BrN2O3/c15-11-3-1-2-10(4-11)5-14(20-9-19)7-12-6-13(8-18)17-16-12/h1-4,6,9,14,18H,5,7-8H2,(H,16,17). The van der Waals surface area contributed by atoms with E-state index in [9.17, 15) is 4.79 Å². The molecule has 0 radical (unpaired) electrons. The largest absolute Gasteiger partial charge is 0.464 e. The average Bonchev–Trinajstić information content (AvgIpc) is 2.87. The molecule has 0 fully saturated rings. The number of carbonyl (C=O) groups excluding carboxylic acids is 1. The summed E-state index contributed by atoms with van der Waals surface area (Å²) in [7, 11) is 0. The Morgan fingerprint density at radius 2 is 2.25 bits per heavy atom. The number of ether oxygens (including phenoxy) is 1. The van der Waals surface area contributed by atoms with Crippen molar-refractivity contribution in [3.8, 4) is 0 Å². The third kappa shape index (κ3) is 4.18. The smallest absolute Gasteiger partial charge is 0.293 e. The first-order valence-corrected chi connectivity index (χ1v) is 6.98. The number of aliphatic hydroxyl groups is 1. The quantitative estimate of drug-likeness (QED) is 0.757. The lowest BCUT2D eigenvalue weighted by Crippen LogP contribution is -2.19. The van der Waals surface area contributed by atoms with E-state index in [1.165, 1.54) is 0 Å². The number of rotatable bonds is 7. The monoisotopic (exact) mass is 338 g/mol. The topological polar surface area (TPSA) is 75.2 Å². The van der Waals surface area contributed by atoms with Gasteiger partial charge in [0.05, 0.1) is 12.3 Å². The van der Waals surface area contributed by atoms with Crippen LogP contribution in [0, 0.1) is 0 Å². The highest BCUT2D eigenvalue weighted by Crippen LogP contribution is 2.16. The molecule has 2 N–H and O–H groups in total. The Labute approximate surface area is 125 Å². The third-order valence-corrected chi connectivity index (χ3v) is 3.39. The van der Waals surface area contributed by atoms with E-state index in [1.807, 2.05) is 24.3 Å². The number of aliphatic hydroxyl groups excluding tert-OH is 1. The number of aromatic amines is 1.